The van der Waals surface area contributed by atoms with Crippen LogP contribution in [0.2, 0.25) is 0 Å². The summed E-state index contributed by atoms with van der Waals surface area (Å²) in [6.45, 7) is 13.5. The first kappa shape index (κ1) is 19.2. The summed E-state index contributed by atoms with van der Waals surface area (Å²) in [6, 6.07) is 16.4. The zero-order chi connectivity index (χ0) is 18.4. The number of ether oxygens (including phenoxy) is 2. The summed E-state index contributed by atoms with van der Waals surface area (Å²) in [4.78, 5) is 0. The van der Waals surface area contributed by atoms with Crippen molar-refractivity contribution in [3.63, 3.8) is 0 Å². The molecular formula is C22H31NO2. The lowest BCUT2D eigenvalue weighted by Crippen LogP contribution is -2.22. The second-order valence-electron chi connectivity index (χ2n) is 7.77. The van der Waals surface area contributed by atoms with E-state index in [-0.39, 0.29) is 17.6 Å². The van der Waals surface area contributed by atoms with E-state index in [4.69, 9.17) is 9.47 Å². The predicted octanol–water partition coefficient (Wildman–Crippen LogP) is 5.65. The molecule has 3 nitrogen and oxygen atoms in total. The topological polar surface area (TPSA) is 30.5 Å². The predicted molar refractivity (Wildman–Crippen MR) is 106 cm³/mol. The molecule has 0 aliphatic carbocycles. The third-order valence-corrected chi connectivity index (χ3v) is 3.88. The van der Waals surface area contributed by atoms with E-state index in [9.17, 15) is 0 Å². The summed E-state index contributed by atoms with van der Waals surface area (Å²) < 4.78 is 11.6. The van der Waals surface area contributed by atoms with Crippen LogP contribution in [-0.2, 0) is 5.41 Å². The van der Waals surface area contributed by atoms with Gasteiger partial charge < -0.3 is 14.8 Å². The lowest BCUT2D eigenvalue weighted by atomic mass is 9.87. The van der Waals surface area contributed by atoms with Gasteiger partial charge in [-0.15, -0.1) is 0 Å². The lowest BCUT2D eigenvalue weighted by Gasteiger charge is -2.20. The van der Waals surface area contributed by atoms with Gasteiger partial charge in [0.05, 0.1) is 12.6 Å². The molecule has 0 saturated carbocycles. The molecule has 0 aromatic heterocycles. The van der Waals surface area contributed by atoms with Crippen molar-refractivity contribution < 1.29 is 9.47 Å². The van der Waals surface area contributed by atoms with Crippen LogP contribution in [0.15, 0.2) is 48.5 Å². The zero-order valence-corrected chi connectivity index (χ0v) is 16.3. The van der Waals surface area contributed by atoms with Gasteiger partial charge >= 0.3 is 0 Å². The standard InChI is InChI=1S/C22H31NO2/c1-16(2)24-20-13-9-19(10-14-20)23-15-17(3)25-21-11-7-18(8-12-21)22(4,5)6/h7-14,16-17,23H,15H2,1-6H3. The van der Waals surface area contributed by atoms with Crippen molar-refractivity contribution >= 4 is 5.69 Å². The van der Waals surface area contributed by atoms with Crippen LogP contribution in [0.4, 0.5) is 5.69 Å². The SMILES string of the molecule is CC(C)Oc1ccc(NCC(C)Oc2ccc(C(C)(C)C)cc2)cc1. The largest absolute Gasteiger partial charge is 0.491 e. The van der Waals surface area contributed by atoms with E-state index < -0.39 is 0 Å². The number of hydrogen-bond acceptors (Lipinski definition) is 3. The van der Waals surface area contributed by atoms with E-state index in [0.717, 1.165) is 23.7 Å². The smallest absolute Gasteiger partial charge is 0.119 e. The Kier molecular flexibility index (Phi) is 6.35. The van der Waals surface area contributed by atoms with Crippen LogP contribution in [0.25, 0.3) is 0 Å². The molecule has 1 N–H and O–H groups in total. The molecule has 0 bridgehead atoms. The minimum absolute atomic E-state index is 0.0760. The van der Waals surface area contributed by atoms with Crippen molar-refractivity contribution in [1.29, 1.82) is 0 Å². The van der Waals surface area contributed by atoms with Crippen LogP contribution in [-0.4, -0.2) is 18.8 Å². The molecule has 0 fully saturated rings. The summed E-state index contributed by atoms with van der Waals surface area (Å²) in [7, 11) is 0. The minimum atomic E-state index is 0.0760. The Balaban J connectivity index is 1.83. The highest BCUT2D eigenvalue weighted by atomic mass is 16.5. The fourth-order valence-electron chi connectivity index (χ4n) is 2.49. The molecule has 0 amide bonds. The van der Waals surface area contributed by atoms with Crippen LogP contribution >= 0.6 is 0 Å². The first-order valence-corrected chi connectivity index (χ1v) is 9.02. The first-order valence-electron chi connectivity index (χ1n) is 9.02. The maximum Gasteiger partial charge on any atom is 0.119 e. The van der Waals surface area contributed by atoms with E-state index >= 15 is 0 Å². The lowest BCUT2D eigenvalue weighted by molar-refractivity contribution is 0.234. The molecule has 1 atom stereocenters. The van der Waals surface area contributed by atoms with Crippen LogP contribution in [0.1, 0.15) is 47.1 Å². The molecule has 25 heavy (non-hydrogen) atoms. The average molecular weight is 341 g/mol. The Morgan fingerprint density at radius 2 is 1.32 bits per heavy atom. The van der Waals surface area contributed by atoms with E-state index in [0.29, 0.717) is 0 Å². The molecule has 0 aliphatic rings. The maximum atomic E-state index is 5.99. The highest BCUT2D eigenvalue weighted by Gasteiger charge is 2.13. The van der Waals surface area contributed by atoms with Crippen LogP contribution in [0, 0.1) is 0 Å². The molecule has 0 heterocycles. The van der Waals surface area contributed by atoms with Crippen molar-refractivity contribution in [3.05, 3.63) is 54.1 Å². The zero-order valence-electron chi connectivity index (χ0n) is 16.3. The molecule has 1 unspecified atom stereocenters. The Morgan fingerprint density at radius 1 is 0.800 bits per heavy atom. The Labute approximate surface area is 152 Å². The average Bonchev–Trinajstić information content (AvgIpc) is 2.53. The van der Waals surface area contributed by atoms with Gasteiger partial charge in [-0.2, -0.15) is 0 Å². The molecule has 136 valence electrons. The molecule has 3 heteroatoms. The van der Waals surface area contributed by atoms with Crippen LogP contribution in [0.5, 0.6) is 11.5 Å². The second-order valence-corrected chi connectivity index (χ2v) is 7.77. The van der Waals surface area contributed by atoms with Gasteiger partial charge in [-0.05, 0) is 68.1 Å². The Morgan fingerprint density at radius 3 is 1.84 bits per heavy atom. The molecule has 0 saturated heterocycles. The van der Waals surface area contributed by atoms with Gasteiger partial charge in [0.1, 0.15) is 17.6 Å². The van der Waals surface area contributed by atoms with Crippen molar-refractivity contribution in [2.75, 3.05) is 11.9 Å². The van der Waals surface area contributed by atoms with Gasteiger partial charge in [-0.25, -0.2) is 0 Å². The first-order chi connectivity index (χ1) is 11.7. The Bertz CT molecular complexity index is 639. The third kappa shape index (κ3) is 6.33. The van der Waals surface area contributed by atoms with Gasteiger partial charge in [0.2, 0.25) is 0 Å². The quantitative estimate of drug-likeness (QED) is 0.706. The van der Waals surface area contributed by atoms with Gasteiger partial charge in [-0.1, -0.05) is 32.9 Å². The van der Waals surface area contributed by atoms with Gasteiger partial charge in [0.15, 0.2) is 0 Å². The second kappa shape index (κ2) is 8.28. The molecular weight excluding hydrogens is 310 g/mol. The molecule has 2 rings (SSSR count). The van der Waals surface area contributed by atoms with Crippen molar-refractivity contribution in [2.45, 2.75) is 59.2 Å². The summed E-state index contributed by atoms with van der Waals surface area (Å²) in [5.74, 6) is 1.80. The number of anilines is 1. The van der Waals surface area contributed by atoms with Gasteiger partial charge in [0, 0.05) is 5.69 Å². The molecule has 2 aromatic rings. The van der Waals surface area contributed by atoms with Crippen molar-refractivity contribution in [3.8, 4) is 11.5 Å². The maximum absolute atomic E-state index is 5.99. The summed E-state index contributed by atoms with van der Waals surface area (Å²) >= 11 is 0. The number of nitrogens with one attached hydrogen (secondary N) is 1. The fourth-order valence-corrected chi connectivity index (χ4v) is 2.49. The summed E-state index contributed by atoms with van der Waals surface area (Å²) in [5.41, 5.74) is 2.54. The van der Waals surface area contributed by atoms with Crippen molar-refractivity contribution in [1.82, 2.24) is 0 Å². The molecule has 0 radical (unpaired) electrons. The van der Waals surface area contributed by atoms with Gasteiger partial charge in [-0.3, -0.25) is 0 Å². The normalized spacial score (nSPS) is 12.8. The summed E-state index contributed by atoms with van der Waals surface area (Å²) in [5, 5.41) is 3.40. The molecule has 0 aliphatic heterocycles. The number of rotatable bonds is 7. The summed E-state index contributed by atoms with van der Waals surface area (Å²) in [6.07, 6.45) is 0.268. The molecule has 2 aromatic carbocycles. The van der Waals surface area contributed by atoms with E-state index in [1.807, 2.05) is 38.1 Å². The highest BCUT2D eigenvalue weighted by molar-refractivity contribution is 5.46. The highest BCUT2D eigenvalue weighted by Crippen LogP contribution is 2.24. The van der Waals surface area contributed by atoms with E-state index in [1.165, 1.54) is 5.56 Å². The fraction of sp³-hybridized carbons (Fsp3) is 0.455. The third-order valence-electron chi connectivity index (χ3n) is 3.88. The van der Waals surface area contributed by atoms with Crippen molar-refractivity contribution in [2.24, 2.45) is 0 Å². The number of hydrogen-bond donors (Lipinski definition) is 1. The van der Waals surface area contributed by atoms with E-state index in [2.05, 4.69) is 57.3 Å². The minimum Gasteiger partial charge on any atom is -0.491 e. The Hall–Kier alpha value is -2.16. The monoisotopic (exact) mass is 341 g/mol. The number of benzene rings is 2. The van der Waals surface area contributed by atoms with Crippen LogP contribution in [0.3, 0.4) is 0 Å². The van der Waals surface area contributed by atoms with Crippen LogP contribution < -0.4 is 14.8 Å². The van der Waals surface area contributed by atoms with E-state index in [1.54, 1.807) is 0 Å². The van der Waals surface area contributed by atoms with Gasteiger partial charge in [0.25, 0.3) is 0 Å². The molecule has 0 spiro atoms.